The second-order valence-corrected chi connectivity index (χ2v) is 5.86. The maximum absolute atomic E-state index is 6.11. The van der Waals surface area contributed by atoms with Crippen LogP contribution in [0.4, 0.5) is 11.4 Å². The van der Waals surface area contributed by atoms with Crippen molar-refractivity contribution in [3.05, 3.63) is 24.4 Å². The molecule has 0 saturated carbocycles. The molecule has 0 atom stereocenters. The van der Waals surface area contributed by atoms with Crippen LogP contribution in [0, 0.1) is 5.41 Å². The zero-order valence-electron chi connectivity index (χ0n) is 11.9. The van der Waals surface area contributed by atoms with E-state index in [9.17, 15) is 0 Å². The molecule has 2 rings (SSSR count). The van der Waals surface area contributed by atoms with Crippen LogP contribution in [0.3, 0.4) is 0 Å². The van der Waals surface area contributed by atoms with E-state index in [1.807, 2.05) is 18.2 Å². The Morgan fingerprint density at radius 3 is 2.74 bits per heavy atom. The second-order valence-electron chi connectivity index (χ2n) is 5.86. The van der Waals surface area contributed by atoms with Crippen LogP contribution in [-0.2, 0) is 0 Å². The summed E-state index contributed by atoms with van der Waals surface area (Å²) in [6.07, 6.45) is 1.77. The van der Waals surface area contributed by atoms with Gasteiger partial charge < -0.3 is 15.8 Å². The Kier molecular flexibility index (Phi) is 3.51. The van der Waals surface area contributed by atoms with Crippen molar-refractivity contribution < 1.29 is 4.74 Å². The molecule has 19 heavy (non-hydrogen) atoms. The molecule has 1 heterocycles. The molecule has 0 amide bonds. The van der Waals surface area contributed by atoms with Gasteiger partial charge in [0.15, 0.2) is 0 Å². The highest BCUT2D eigenvalue weighted by Crippen LogP contribution is 2.35. The van der Waals surface area contributed by atoms with Crippen molar-refractivity contribution in [3.8, 4) is 5.75 Å². The van der Waals surface area contributed by atoms with Crippen LogP contribution in [0.15, 0.2) is 24.4 Å². The number of ether oxygens (including phenoxy) is 1. The predicted molar refractivity (Wildman–Crippen MR) is 80.7 cm³/mol. The predicted octanol–water partition coefficient (Wildman–Crippen LogP) is 3.28. The quantitative estimate of drug-likeness (QED) is 0.830. The SMILES string of the molecule is COc1cc(N)c(NCC(C)(C)C)c2ncccc12. The highest BCUT2D eigenvalue weighted by molar-refractivity contribution is 6.00. The molecule has 0 aliphatic rings. The van der Waals surface area contributed by atoms with Gasteiger partial charge in [-0.3, -0.25) is 4.98 Å². The summed E-state index contributed by atoms with van der Waals surface area (Å²) in [6.45, 7) is 7.36. The minimum atomic E-state index is 0.174. The summed E-state index contributed by atoms with van der Waals surface area (Å²) in [5, 5.41) is 4.37. The van der Waals surface area contributed by atoms with E-state index >= 15 is 0 Å². The molecule has 2 aromatic rings. The maximum Gasteiger partial charge on any atom is 0.130 e. The second kappa shape index (κ2) is 4.96. The van der Waals surface area contributed by atoms with Crippen LogP contribution in [0.1, 0.15) is 20.8 Å². The largest absolute Gasteiger partial charge is 0.496 e. The summed E-state index contributed by atoms with van der Waals surface area (Å²) in [4.78, 5) is 4.43. The van der Waals surface area contributed by atoms with Gasteiger partial charge in [-0.2, -0.15) is 0 Å². The summed E-state index contributed by atoms with van der Waals surface area (Å²) in [5.41, 5.74) is 8.67. The van der Waals surface area contributed by atoms with Gasteiger partial charge in [0.05, 0.1) is 24.0 Å². The van der Waals surface area contributed by atoms with E-state index in [4.69, 9.17) is 10.5 Å². The molecule has 0 aliphatic heterocycles. The Hall–Kier alpha value is -1.97. The summed E-state index contributed by atoms with van der Waals surface area (Å²) in [5.74, 6) is 0.752. The lowest BCUT2D eigenvalue weighted by molar-refractivity contribution is 0.420. The molecule has 4 nitrogen and oxygen atoms in total. The Morgan fingerprint density at radius 1 is 1.37 bits per heavy atom. The van der Waals surface area contributed by atoms with Crippen molar-refractivity contribution in [2.24, 2.45) is 5.41 Å². The topological polar surface area (TPSA) is 60.2 Å². The highest BCUT2D eigenvalue weighted by Gasteiger charge is 2.15. The third-order valence-electron chi connectivity index (χ3n) is 2.90. The minimum Gasteiger partial charge on any atom is -0.496 e. The average Bonchev–Trinajstić information content (AvgIpc) is 2.35. The fraction of sp³-hybridized carbons (Fsp3) is 0.400. The summed E-state index contributed by atoms with van der Waals surface area (Å²) >= 11 is 0. The number of hydrogen-bond acceptors (Lipinski definition) is 4. The van der Waals surface area contributed by atoms with E-state index in [0.29, 0.717) is 5.69 Å². The number of hydrogen-bond donors (Lipinski definition) is 2. The summed E-state index contributed by atoms with van der Waals surface area (Å²) in [7, 11) is 1.64. The number of nitrogens with two attached hydrogens (primary N) is 1. The summed E-state index contributed by atoms with van der Waals surface area (Å²) < 4.78 is 5.36. The Morgan fingerprint density at radius 2 is 2.11 bits per heavy atom. The molecule has 0 unspecified atom stereocenters. The first kappa shape index (κ1) is 13.5. The molecule has 1 aromatic carbocycles. The molecule has 0 radical (unpaired) electrons. The van der Waals surface area contributed by atoms with Crippen LogP contribution >= 0.6 is 0 Å². The number of benzene rings is 1. The van der Waals surface area contributed by atoms with Crippen molar-refractivity contribution in [1.82, 2.24) is 4.98 Å². The van der Waals surface area contributed by atoms with Gasteiger partial charge >= 0.3 is 0 Å². The van der Waals surface area contributed by atoms with Crippen LogP contribution in [0.2, 0.25) is 0 Å². The van der Waals surface area contributed by atoms with E-state index < -0.39 is 0 Å². The van der Waals surface area contributed by atoms with Crippen molar-refractivity contribution in [2.45, 2.75) is 20.8 Å². The number of fused-ring (bicyclic) bond motifs is 1. The average molecular weight is 259 g/mol. The molecule has 0 fully saturated rings. The van der Waals surface area contributed by atoms with Crippen LogP contribution in [0.5, 0.6) is 5.75 Å². The van der Waals surface area contributed by atoms with Gasteiger partial charge in [0, 0.05) is 24.2 Å². The fourth-order valence-corrected chi connectivity index (χ4v) is 1.94. The number of nitrogens with zero attached hydrogens (tertiary/aromatic N) is 1. The minimum absolute atomic E-state index is 0.174. The van der Waals surface area contributed by atoms with Gasteiger partial charge in [-0.1, -0.05) is 20.8 Å². The lowest BCUT2D eigenvalue weighted by atomic mass is 9.96. The molecular weight excluding hydrogens is 238 g/mol. The van der Waals surface area contributed by atoms with E-state index in [1.165, 1.54) is 0 Å². The Labute approximate surface area is 114 Å². The molecule has 102 valence electrons. The van der Waals surface area contributed by atoms with E-state index in [-0.39, 0.29) is 5.41 Å². The number of methoxy groups -OCH3 is 1. The molecule has 1 aromatic heterocycles. The van der Waals surface area contributed by atoms with E-state index in [0.717, 1.165) is 28.9 Å². The lowest BCUT2D eigenvalue weighted by Gasteiger charge is -2.21. The molecular formula is C15H21N3O. The van der Waals surface area contributed by atoms with Crippen LogP contribution in [-0.4, -0.2) is 18.6 Å². The van der Waals surface area contributed by atoms with E-state index in [1.54, 1.807) is 13.3 Å². The molecule has 4 heteroatoms. The Bertz CT molecular complexity index is 588. The third-order valence-corrected chi connectivity index (χ3v) is 2.90. The van der Waals surface area contributed by atoms with Gasteiger partial charge in [0.2, 0.25) is 0 Å². The van der Waals surface area contributed by atoms with Gasteiger partial charge in [0.25, 0.3) is 0 Å². The van der Waals surface area contributed by atoms with Crippen molar-refractivity contribution in [1.29, 1.82) is 0 Å². The standard InChI is InChI=1S/C15H21N3O/c1-15(2,3)9-18-14-11(16)8-12(19-4)10-6-5-7-17-13(10)14/h5-8,18H,9,16H2,1-4H3. The van der Waals surface area contributed by atoms with Gasteiger partial charge in [-0.15, -0.1) is 0 Å². The molecule has 0 saturated heterocycles. The first-order chi connectivity index (χ1) is 8.92. The number of nitrogen functional groups attached to an aromatic ring is 1. The number of aromatic nitrogens is 1. The van der Waals surface area contributed by atoms with Crippen molar-refractivity contribution in [2.75, 3.05) is 24.7 Å². The smallest absolute Gasteiger partial charge is 0.130 e. The Balaban J connectivity index is 2.51. The van der Waals surface area contributed by atoms with Crippen molar-refractivity contribution in [3.63, 3.8) is 0 Å². The molecule has 0 spiro atoms. The van der Waals surface area contributed by atoms with Crippen molar-refractivity contribution >= 4 is 22.3 Å². The fourth-order valence-electron chi connectivity index (χ4n) is 1.94. The van der Waals surface area contributed by atoms with Crippen LogP contribution in [0.25, 0.3) is 10.9 Å². The van der Waals surface area contributed by atoms with Gasteiger partial charge in [-0.05, 0) is 17.5 Å². The van der Waals surface area contributed by atoms with Crippen LogP contribution < -0.4 is 15.8 Å². The zero-order chi connectivity index (χ0) is 14.0. The monoisotopic (exact) mass is 259 g/mol. The molecule has 0 aliphatic carbocycles. The van der Waals surface area contributed by atoms with Gasteiger partial charge in [-0.25, -0.2) is 0 Å². The first-order valence-corrected chi connectivity index (χ1v) is 6.37. The number of pyridine rings is 1. The zero-order valence-corrected chi connectivity index (χ0v) is 11.9. The number of rotatable bonds is 3. The third kappa shape index (κ3) is 2.89. The highest BCUT2D eigenvalue weighted by atomic mass is 16.5. The lowest BCUT2D eigenvalue weighted by Crippen LogP contribution is -2.20. The number of anilines is 2. The normalized spacial score (nSPS) is 11.6. The van der Waals surface area contributed by atoms with Gasteiger partial charge in [0.1, 0.15) is 5.75 Å². The number of nitrogens with one attached hydrogen (secondary N) is 1. The maximum atomic E-state index is 6.11. The molecule has 3 N–H and O–H groups in total. The van der Waals surface area contributed by atoms with E-state index in [2.05, 4.69) is 31.1 Å². The first-order valence-electron chi connectivity index (χ1n) is 6.37. The summed E-state index contributed by atoms with van der Waals surface area (Å²) in [6, 6.07) is 5.73. The molecule has 0 bridgehead atoms.